The minimum Gasteiger partial charge on any atom is -0.307 e. The highest BCUT2D eigenvalue weighted by Crippen LogP contribution is 2.40. The number of fused-ring (bicyclic) bond motifs is 10. The smallest absolute Gasteiger partial charge is 0.0709 e. The quantitative estimate of drug-likeness (QED) is 0.220. The van der Waals surface area contributed by atoms with Gasteiger partial charge < -0.3 is 8.80 Å². The number of aromatic nitrogens is 2. The van der Waals surface area contributed by atoms with Gasteiger partial charge in [0.1, 0.15) is 0 Å². The van der Waals surface area contributed by atoms with E-state index in [1.165, 1.54) is 76.5 Å². The number of benzene rings is 6. The van der Waals surface area contributed by atoms with Crippen LogP contribution < -0.4 is 0 Å². The highest BCUT2D eigenvalue weighted by Gasteiger charge is 2.18. The predicted molar refractivity (Wildman–Crippen MR) is 161 cm³/mol. The normalized spacial score (nSPS) is 12.2. The van der Waals surface area contributed by atoms with Crippen molar-refractivity contribution in [2.24, 2.45) is 0 Å². The van der Waals surface area contributed by atoms with E-state index in [1.807, 2.05) is 0 Å². The third-order valence-corrected chi connectivity index (χ3v) is 8.24. The van der Waals surface area contributed by atoms with Crippen LogP contribution >= 0.6 is 0 Å². The summed E-state index contributed by atoms with van der Waals surface area (Å²) in [5.41, 5.74) is 9.83. The fourth-order valence-corrected chi connectivity index (χ4v) is 6.67. The molecule has 9 rings (SSSR count). The van der Waals surface area contributed by atoms with Crippen molar-refractivity contribution in [1.29, 1.82) is 0 Å². The van der Waals surface area contributed by atoms with Crippen LogP contribution in [0.5, 0.6) is 0 Å². The third kappa shape index (κ3) is 2.47. The Morgan fingerprint density at radius 3 is 1.37 bits per heavy atom. The summed E-state index contributed by atoms with van der Waals surface area (Å²) in [5.74, 6) is 0. The summed E-state index contributed by atoms with van der Waals surface area (Å²) in [6.45, 7) is 0. The Morgan fingerprint density at radius 1 is 0.289 bits per heavy atom. The van der Waals surface area contributed by atoms with Crippen molar-refractivity contribution in [1.82, 2.24) is 8.80 Å². The lowest BCUT2D eigenvalue weighted by Crippen LogP contribution is -1.95. The fraction of sp³-hybridized carbons (Fsp3) is 0. The van der Waals surface area contributed by atoms with E-state index in [0.29, 0.717) is 0 Å². The first-order chi connectivity index (χ1) is 18.9. The molecule has 0 aliphatic carbocycles. The highest BCUT2D eigenvalue weighted by atomic mass is 15.0. The topological polar surface area (TPSA) is 8.82 Å². The van der Waals surface area contributed by atoms with E-state index in [4.69, 9.17) is 0 Å². The zero-order valence-electron chi connectivity index (χ0n) is 20.6. The third-order valence-electron chi connectivity index (χ3n) is 8.24. The maximum absolute atomic E-state index is 2.50. The molecule has 0 N–H and O–H groups in total. The number of rotatable bonds is 1. The van der Waals surface area contributed by atoms with E-state index in [-0.39, 0.29) is 0 Å². The second-order valence-corrected chi connectivity index (χ2v) is 10.2. The molecule has 2 heteroatoms. The van der Waals surface area contributed by atoms with Crippen molar-refractivity contribution < 1.29 is 0 Å². The highest BCUT2D eigenvalue weighted by molar-refractivity contribution is 6.25. The average Bonchev–Trinajstić information content (AvgIpc) is 3.50. The Kier molecular flexibility index (Phi) is 3.82. The average molecular weight is 483 g/mol. The molecule has 0 fully saturated rings. The number of hydrogen-bond donors (Lipinski definition) is 0. The molecule has 0 aliphatic heterocycles. The summed E-state index contributed by atoms with van der Waals surface area (Å²) in [7, 11) is 0. The maximum atomic E-state index is 2.50. The van der Waals surface area contributed by atoms with E-state index in [2.05, 4.69) is 142 Å². The van der Waals surface area contributed by atoms with E-state index in [9.17, 15) is 0 Å². The fourth-order valence-electron chi connectivity index (χ4n) is 6.67. The molecule has 0 radical (unpaired) electrons. The van der Waals surface area contributed by atoms with Gasteiger partial charge in [-0.25, -0.2) is 0 Å². The first-order valence-electron chi connectivity index (χ1n) is 13.1. The van der Waals surface area contributed by atoms with Crippen LogP contribution in [0.25, 0.3) is 76.5 Å². The van der Waals surface area contributed by atoms with Crippen LogP contribution in [0.2, 0.25) is 0 Å². The zero-order chi connectivity index (χ0) is 24.8. The van der Waals surface area contributed by atoms with Crippen LogP contribution in [-0.2, 0) is 0 Å². The molecule has 0 saturated heterocycles. The molecule has 2 nitrogen and oxygen atoms in total. The van der Waals surface area contributed by atoms with Gasteiger partial charge in [0.15, 0.2) is 0 Å². The van der Waals surface area contributed by atoms with Crippen molar-refractivity contribution in [2.75, 3.05) is 0 Å². The Balaban J connectivity index is 1.70. The maximum Gasteiger partial charge on any atom is 0.0709 e. The Hall–Kier alpha value is -5.08. The van der Waals surface area contributed by atoms with Gasteiger partial charge in [-0.3, -0.25) is 0 Å². The summed E-state index contributed by atoms with van der Waals surface area (Å²) >= 11 is 0. The summed E-state index contributed by atoms with van der Waals surface area (Å²) in [5, 5.41) is 7.68. The Bertz CT molecular complexity index is 2390. The molecule has 0 bridgehead atoms. The molecule has 0 atom stereocenters. The summed E-state index contributed by atoms with van der Waals surface area (Å²) < 4.78 is 4.99. The number of nitrogens with zero attached hydrogens (tertiary/aromatic N) is 2. The van der Waals surface area contributed by atoms with Gasteiger partial charge in [-0.15, -0.1) is 0 Å². The van der Waals surface area contributed by atoms with Gasteiger partial charge >= 0.3 is 0 Å². The number of hydrogen-bond acceptors (Lipinski definition) is 0. The molecule has 0 aliphatic rings. The summed E-state index contributed by atoms with van der Waals surface area (Å²) in [6.07, 6.45) is 0. The van der Waals surface area contributed by atoms with Gasteiger partial charge in [0.25, 0.3) is 0 Å². The molecule has 6 aromatic carbocycles. The van der Waals surface area contributed by atoms with Gasteiger partial charge in [0.2, 0.25) is 0 Å². The van der Waals surface area contributed by atoms with Crippen molar-refractivity contribution in [3.8, 4) is 11.1 Å². The van der Waals surface area contributed by atoms with Gasteiger partial charge in [0, 0.05) is 32.3 Å². The standard InChI is InChI=1S/C36H22N2/c1-2-10-23(11-3-1)24-20-21-33-34(22-24)38-32-19-7-5-13-26(32)28-15-9-17-30(36(28)38)29-16-8-14-27-25-12-4-6-18-31(25)37(33)35(27)29/h1-22H. The number of para-hydroxylation sites is 4. The summed E-state index contributed by atoms with van der Waals surface area (Å²) in [4.78, 5) is 0. The van der Waals surface area contributed by atoms with E-state index in [1.54, 1.807) is 0 Å². The molecule has 38 heavy (non-hydrogen) atoms. The lowest BCUT2D eigenvalue weighted by Gasteiger charge is -2.12. The monoisotopic (exact) mass is 482 g/mol. The van der Waals surface area contributed by atoms with Crippen LogP contribution in [-0.4, -0.2) is 8.80 Å². The molecule has 3 heterocycles. The van der Waals surface area contributed by atoms with Crippen molar-refractivity contribution in [3.63, 3.8) is 0 Å². The zero-order valence-corrected chi connectivity index (χ0v) is 20.6. The molecule has 0 amide bonds. The largest absolute Gasteiger partial charge is 0.307 e. The van der Waals surface area contributed by atoms with Crippen LogP contribution in [0, 0.1) is 0 Å². The summed E-state index contributed by atoms with van der Waals surface area (Å²) in [6, 6.07) is 48.8. The molecular weight excluding hydrogens is 460 g/mol. The Morgan fingerprint density at radius 2 is 0.763 bits per heavy atom. The molecule has 176 valence electrons. The molecule has 9 aromatic rings. The minimum absolute atomic E-state index is 1.19. The van der Waals surface area contributed by atoms with E-state index in [0.717, 1.165) is 0 Å². The van der Waals surface area contributed by atoms with Gasteiger partial charge in [-0.05, 0) is 35.4 Å². The van der Waals surface area contributed by atoms with Crippen molar-refractivity contribution >= 4 is 65.4 Å². The Labute approximate surface area is 218 Å². The van der Waals surface area contributed by atoms with Gasteiger partial charge in [-0.1, -0.05) is 109 Å². The predicted octanol–water partition coefficient (Wildman–Crippen LogP) is 9.62. The molecular formula is C36H22N2. The molecule has 0 spiro atoms. The minimum atomic E-state index is 1.19. The van der Waals surface area contributed by atoms with E-state index >= 15 is 0 Å². The second-order valence-electron chi connectivity index (χ2n) is 10.2. The lowest BCUT2D eigenvalue weighted by molar-refractivity contribution is 1.29. The van der Waals surface area contributed by atoms with Crippen LogP contribution in [0.15, 0.2) is 133 Å². The van der Waals surface area contributed by atoms with Crippen molar-refractivity contribution in [3.05, 3.63) is 133 Å². The van der Waals surface area contributed by atoms with Crippen LogP contribution in [0.4, 0.5) is 0 Å². The van der Waals surface area contributed by atoms with Crippen LogP contribution in [0.1, 0.15) is 0 Å². The molecule has 3 aromatic heterocycles. The first kappa shape index (κ1) is 20.0. The molecule has 0 saturated carbocycles. The van der Waals surface area contributed by atoms with Crippen LogP contribution in [0.3, 0.4) is 0 Å². The SMILES string of the molecule is c1ccc(-c2ccc3c(c2)n2c4ccccc4c4cccc(c5cccc6c7ccccc7n3c65)c42)cc1. The van der Waals surface area contributed by atoms with Gasteiger partial charge in [-0.2, -0.15) is 0 Å². The first-order valence-corrected chi connectivity index (χ1v) is 13.1. The van der Waals surface area contributed by atoms with Gasteiger partial charge in [0.05, 0.1) is 33.1 Å². The van der Waals surface area contributed by atoms with E-state index < -0.39 is 0 Å². The lowest BCUT2D eigenvalue weighted by atomic mass is 10.0. The second kappa shape index (κ2) is 7.24. The van der Waals surface area contributed by atoms with Crippen molar-refractivity contribution in [2.45, 2.75) is 0 Å². The molecule has 0 unspecified atom stereocenters.